The number of benzene rings is 1. The van der Waals surface area contributed by atoms with Gasteiger partial charge < -0.3 is 24.5 Å². The fourth-order valence-electron chi connectivity index (χ4n) is 4.86. The first-order valence-electron chi connectivity index (χ1n) is 13.9. The van der Waals surface area contributed by atoms with Crippen molar-refractivity contribution in [3.63, 3.8) is 0 Å². The summed E-state index contributed by atoms with van der Waals surface area (Å²) >= 11 is 3.57. The molecule has 1 heterocycles. The van der Waals surface area contributed by atoms with Crippen LogP contribution < -0.4 is 10.5 Å². The Labute approximate surface area is 242 Å². The van der Waals surface area contributed by atoms with E-state index in [0.717, 1.165) is 31.2 Å². The summed E-state index contributed by atoms with van der Waals surface area (Å²) in [6.45, 7) is 16.9. The zero-order chi connectivity index (χ0) is 29.3. The van der Waals surface area contributed by atoms with Crippen molar-refractivity contribution in [3.05, 3.63) is 27.7 Å². The van der Waals surface area contributed by atoms with E-state index in [1.165, 1.54) is 4.90 Å². The Balaban J connectivity index is 1.69. The molecule has 1 aromatic carbocycles. The van der Waals surface area contributed by atoms with Crippen molar-refractivity contribution in [2.45, 2.75) is 129 Å². The minimum Gasteiger partial charge on any atom is -0.488 e. The van der Waals surface area contributed by atoms with Crippen molar-refractivity contribution < 1.29 is 28.3 Å². The maximum absolute atomic E-state index is 13.6. The maximum atomic E-state index is 13.6. The highest BCUT2D eigenvalue weighted by Gasteiger charge is 2.41. The number of halogens is 1. The van der Waals surface area contributed by atoms with Gasteiger partial charge in [0.1, 0.15) is 17.4 Å². The Kier molecular flexibility index (Phi) is 9.65. The van der Waals surface area contributed by atoms with Gasteiger partial charge in [0.25, 0.3) is 5.91 Å². The number of hydrogen-bond acceptors (Lipinski definition) is 6. The van der Waals surface area contributed by atoms with Gasteiger partial charge in [0, 0.05) is 19.1 Å². The number of ether oxygens (including phenoxy) is 2. The molecular formula is C29H45BrN2O6Si. The van der Waals surface area contributed by atoms with Gasteiger partial charge in [-0.25, -0.2) is 0 Å². The van der Waals surface area contributed by atoms with Crippen LogP contribution in [0.15, 0.2) is 16.6 Å². The third kappa shape index (κ3) is 7.85. The number of fused-ring (bicyclic) bond motifs is 1. The number of carbonyl (C=O) groups is 3. The fourth-order valence-corrected chi connectivity index (χ4v) is 6.70. The van der Waals surface area contributed by atoms with Crippen LogP contribution in [0.5, 0.6) is 5.75 Å². The molecule has 2 aliphatic rings. The normalized spacial score (nSPS) is 20.9. The van der Waals surface area contributed by atoms with Crippen molar-refractivity contribution >= 4 is 42.0 Å². The van der Waals surface area contributed by atoms with Crippen molar-refractivity contribution in [2.24, 2.45) is 5.73 Å². The molecule has 8 nitrogen and oxygen atoms in total. The Morgan fingerprint density at radius 2 is 1.67 bits per heavy atom. The highest BCUT2D eigenvalue weighted by molar-refractivity contribution is 9.10. The average Bonchev–Trinajstić information content (AvgIpc) is 3.11. The van der Waals surface area contributed by atoms with Gasteiger partial charge in [0.2, 0.25) is 5.91 Å². The van der Waals surface area contributed by atoms with Crippen LogP contribution >= 0.6 is 15.9 Å². The summed E-state index contributed by atoms with van der Waals surface area (Å²) in [6, 6.07) is 2.81. The molecule has 1 aliphatic heterocycles. The smallest absolute Gasteiger partial charge is 0.306 e. The third-order valence-electron chi connectivity index (χ3n) is 7.93. The van der Waals surface area contributed by atoms with E-state index in [9.17, 15) is 14.4 Å². The summed E-state index contributed by atoms with van der Waals surface area (Å²) in [5.74, 6) is -0.896. The summed E-state index contributed by atoms with van der Waals surface area (Å²) < 4.78 is 19.1. The van der Waals surface area contributed by atoms with Gasteiger partial charge in [0.15, 0.2) is 8.32 Å². The maximum Gasteiger partial charge on any atom is 0.306 e. The molecule has 0 aromatic heterocycles. The SMILES string of the molecule is CC(C)(C)OC(=O)CCC(C(N)=O)N1Cc2ccc(Br)c(OC3CCC(O[Si](C)(C)C(C)(C)C)CC3)c2C1=O. The van der Waals surface area contributed by atoms with E-state index in [1.54, 1.807) is 20.8 Å². The van der Waals surface area contributed by atoms with Crippen LogP contribution in [-0.4, -0.2) is 54.9 Å². The summed E-state index contributed by atoms with van der Waals surface area (Å²) in [5.41, 5.74) is 6.29. The monoisotopic (exact) mass is 624 g/mol. The molecule has 1 saturated carbocycles. The zero-order valence-corrected chi connectivity index (χ0v) is 27.3. The van der Waals surface area contributed by atoms with Gasteiger partial charge in [-0.15, -0.1) is 0 Å². The number of nitrogens with two attached hydrogens (primary N) is 1. The molecule has 2 amide bonds. The van der Waals surface area contributed by atoms with Gasteiger partial charge in [-0.1, -0.05) is 26.8 Å². The Hall–Kier alpha value is -1.91. The van der Waals surface area contributed by atoms with Crippen molar-refractivity contribution in [1.82, 2.24) is 4.90 Å². The number of rotatable bonds is 9. The van der Waals surface area contributed by atoms with Gasteiger partial charge in [0.05, 0.1) is 16.1 Å². The summed E-state index contributed by atoms with van der Waals surface area (Å²) in [6.07, 6.45) is 3.79. The lowest BCUT2D eigenvalue weighted by Crippen LogP contribution is -2.45. The van der Waals surface area contributed by atoms with Crippen molar-refractivity contribution in [2.75, 3.05) is 0 Å². The van der Waals surface area contributed by atoms with Crippen LogP contribution in [0, 0.1) is 0 Å². The lowest BCUT2D eigenvalue weighted by atomic mass is 9.95. The van der Waals surface area contributed by atoms with Gasteiger partial charge in [-0.05, 0) is 98.6 Å². The molecule has 0 spiro atoms. The lowest BCUT2D eigenvalue weighted by Gasteiger charge is -2.41. The Morgan fingerprint density at radius 3 is 2.21 bits per heavy atom. The molecule has 10 heteroatoms. The highest BCUT2D eigenvalue weighted by Crippen LogP contribution is 2.42. The molecule has 0 bridgehead atoms. The third-order valence-corrected chi connectivity index (χ3v) is 13.1. The molecule has 218 valence electrons. The molecule has 1 aromatic rings. The fraction of sp³-hybridized carbons (Fsp3) is 0.690. The molecule has 3 rings (SSSR count). The molecule has 1 unspecified atom stereocenters. The molecule has 1 aliphatic carbocycles. The number of carbonyl (C=O) groups excluding carboxylic acids is 3. The van der Waals surface area contributed by atoms with E-state index in [1.807, 2.05) is 12.1 Å². The minimum atomic E-state index is -1.84. The van der Waals surface area contributed by atoms with Gasteiger partial charge >= 0.3 is 5.97 Å². The van der Waals surface area contributed by atoms with E-state index < -0.39 is 31.8 Å². The number of primary amides is 1. The van der Waals surface area contributed by atoms with Crippen LogP contribution in [0.4, 0.5) is 0 Å². The summed E-state index contributed by atoms with van der Waals surface area (Å²) in [5, 5.41) is 0.164. The Morgan fingerprint density at radius 1 is 1.08 bits per heavy atom. The Bertz CT molecular complexity index is 1090. The van der Waals surface area contributed by atoms with Crippen LogP contribution in [0.2, 0.25) is 18.1 Å². The van der Waals surface area contributed by atoms with E-state index >= 15 is 0 Å². The first-order valence-corrected chi connectivity index (χ1v) is 17.6. The standard InChI is InChI=1S/C29H45BrN2O6Si/c1-28(2,3)37-23(33)16-15-22(26(31)34)32-17-18-9-14-21(30)25(24(18)27(32)35)36-19-10-12-20(13-11-19)38-39(7,8)29(4,5)6/h9,14,19-20,22H,10-13,15-17H2,1-8H3,(H2,31,34). The predicted molar refractivity (Wildman–Crippen MR) is 157 cm³/mol. The molecule has 1 fully saturated rings. The summed E-state index contributed by atoms with van der Waals surface area (Å²) in [4.78, 5) is 39.7. The first-order chi connectivity index (χ1) is 17.9. The second-order valence-electron chi connectivity index (χ2n) is 13.3. The number of nitrogens with zero attached hydrogens (tertiary/aromatic N) is 1. The van der Waals surface area contributed by atoms with E-state index in [4.69, 9.17) is 19.6 Å². The van der Waals surface area contributed by atoms with Crippen LogP contribution in [-0.2, 0) is 25.3 Å². The van der Waals surface area contributed by atoms with Crippen molar-refractivity contribution in [3.8, 4) is 5.75 Å². The first kappa shape index (κ1) is 31.6. The second kappa shape index (κ2) is 11.9. The van der Waals surface area contributed by atoms with Crippen LogP contribution in [0.3, 0.4) is 0 Å². The minimum absolute atomic E-state index is 0.0156. The number of esters is 1. The van der Waals surface area contributed by atoms with E-state index in [0.29, 0.717) is 15.8 Å². The zero-order valence-electron chi connectivity index (χ0n) is 24.7. The lowest BCUT2D eigenvalue weighted by molar-refractivity contribution is -0.155. The molecule has 39 heavy (non-hydrogen) atoms. The predicted octanol–water partition coefficient (Wildman–Crippen LogP) is 6.09. The largest absolute Gasteiger partial charge is 0.488 e. The van der Waals surface area contributed by atoms with E-state index in [2.05, 4.69) is 49.8 Å². The molecular weight excluding hydrogens is 580 g/mol. The molecule has 2 N–H and O–H groups in total. The molecule has 1 atom stereocenters. The van der Waals surface area contributed by atoms with Crippen molar-refractivity contribution in [1.29, 1.82) is 0 Å². The van der Waals surface area contributed by atoms with Gasteiger partial charge in [-0.2, -0.15) is 0 Å². The topological polar surface area (TPSA) is 108 Å². The highest BCUT2D eigenvalue weighted by atomic mass is 79.9. The molecule has 0 radical (unpaired) electrons. The van der Waals surface area contributed by atoms with Crippen LogP contribution in [0.1, 0.15) is 96.0 Å². The average molecular weight is 626 g/mol. The van der Waals surface area contributed by atoms with Gasteiger partial charge in [-0.3, -0.25) is 14.4 Å². The number of hydrogen-bond donors (Lipinski definition) is 1. The van der Waals surface area contributed by atoms with E-state index in [-0.39, 0.29) is 42.5 Å². The molecule has 0 saturated heterocycles. The summed E-state index contributed by atoms with van der Waals surface area (Å²) in [7, 11) is -1.84. The quantitative estimate of drug-likeness (QED) is 0.263. The second-order valence-corrected chi connectivity index (χ2v) is 18.9. The van der Waals surface area contributed by atoms with Crippen LogP contribution in [0.25, 0.3) is 0 Å². The number of amides is 2.